The van der Waals surface area contributed by atoms with E-state index >= 15 is 0 Å². The van der Waals surface area contributed by atoms with Crippen molar-refractivity contribution in [2.24, 2.45) is 0 Å². The molecule has 0 unspecified atom stereocenters. The molecule has 0 amide bonds. The lowest BCUT2D eigenvalue weighted by molar-refractivity contribution is 0.0499. The van der Waals surface area contributed by atoms with Gasteiger partial charge in [0.2, 0.25) is 0 Å². The van der Waals surface area contributed by atoms with Crippen molar-refractivity contribution in [2.75, 3.05) is 18.7 Å². The molecule has 0 aromatic heterocycles. The maximum atomic E-state index is 6.17. The van der Waals surface area contributed by atoms with Crippen molar-refractivity contribution >= 4 is 5.69 Å². The van der Waals surface area contributed by atoms with E-state index in [1.807, 2.05) is 35.4 Å². The second-order valence-electron chi connectivity index (χ2n) is 5.10. The van der Waals surface area contributed by atoms with Crippen LogP contribution in [0.4, 0.5) is 5.69 Å². The van der Waals surface area contributed by atoms with E-state index in [0.29, 0.717) is 0 Å². The van der Waals surface area contributed by atoms with Crippen LogP contribution in [0.25, 0.3) is 0 Å². The highest BCUT2D eigenvalue weighted by atomic mass is 16.7. The van der Waals surface area contributed by atoms with Gasteiger partial charge in [0, 0.05) is 0 Å². The molecule has 0 fully saturated rings. The molecule has 0 aliphatic carbocycles. The largest absolute Gasteiger partial charge is 0.497 e. The van der Waals surface area contributed by atoms with Crippen LogP contribution < -0.4 is 9.80 Å². The summed E-state index contributed by atoms with van der Waals surface area (Å²) in [6.45, 7) is 2.87. The fourth-order valence-corrected chi connectivity index (χ4v) is 2.45. The lowest BCUT2D eigenvalue weighted by Crippen LogP contribution is -2.30. The molecule has 0 N–H and O–H groups in total. The zero-order valence-electron chi connectivity index (χ0n) is 12.3. The first-order valence-corrected chi connectivity index (χ1v) is 7.08. The van der Waals surface area contributed by atoms with Gasteiger partial charge >= 0.3 is 0 Å². The predicted octanol–water partition coefficient (Wildman–Crippen LogP) is 4.13. The molecule has 0 saturated heterocycles. The van der Waals surface area contributed by atoms with Crippen LogP contribution in [0.15, 0.2) is 66.2 Å². The minimum absolute atomic E-state index is 0.0511. The van der Waals surface area contributed by atoms with Gasteiger partial charge in [-0.15, -0.1) is 0 Å². The monoisotopic (exact) mass is 281 g/mol. The van der Waals surface area contributed by atoms with Crippen LogP contribution in [0, 0.1) is 0 Å². The van der Waals surface area contributed by atoms with E-state index in [1.54, 1.807) is 7.11 Å². The Kier molecular flexibility index (Phi) is 3.93. The van der Waals surface area contributed by atoms with Gasteiger partial charge in [0.05, 0.1) is 19.3 Å². The van der Waals surface area contributed by atoms with Crippen molar-refractivity contribution in [1.82, 2.24) is 0 Å². The van der Waals surface area contributed by atoms with Crippen LogP contribution in [0.5, 0.6) is 5.75 Å². The van der Waals surface area contributed by atoms with Crippen LogP contribution in [-0.4, -0.2) is 13.7 Å². The number of hydrogen-bond donors (Lipinski definition) is 0. The van der Waals surface area contributed by atoms with E-state index in [-0.39, 0.29) is 6.10 Å². The van der Waals surface area contributed by atoms with E-state index in [0.717, 1.165) is 23.5 Å². The van der Waals surface area contributed by atoms with Crippen molar-refractivity contribution in [1.29, 1.82) is 0 Å². The van der Waals surface area contributed by atoms with E-state index in [4.69, 9.17) is 9.57 Å². The van der Waals surface area contributed by atoms with Crippen molar-refractivity contribution in [3.05, 3.63) is 71.8 Å². The molecule has 21 heavy (non-hydrogen) atoms. The SMILES string of the molecule is COc1ccc([C@@H]2ON(c3ccccc3)CC=C2C)cc1. The summed E-state index contributed by atoms with van der Waals surface area (Å²) < 4.78 is 5.21. The van der Waals surface area contributed by atoms with Gasteiger partial charge in [-0.2, -0.15) is 0 Å². The molecule has 1 atom stereocenters. The summed E-state index contributed by atoms with van der Waals surface area (Å²) in [6.07, 6.45) is 2.16. The number of rotatable bonds is 3. The highest BCUT2D eigenvalue weighted by Crippen LogP contribution is 2.32. The summed E-state index contributed by atoms with van der Waals surface area (Å²) >= 11 is 0. The first-order valence-electron chi connectivity index (χ1n) is 7.08. The number of hydrogen-bond acceptors (Lipinski definition) is 3. The van der Waals surface area contributed by atoms with Gasteiger partial charge in [0.15, 0.2) is 0 Å². The summed E-state index contributed by atoms with van der Waals surface area (Å²) in [6, 6.07) is 18.2. The third kappa shape index (κ3) is 2.93. The molecule has 0 bridgehead atoms. The molecule has 0 radical (unpaired) electrons. The third-order valence-corrected chi connectivity index (χ3v) is 3.69. The second kappa shape index (κ2) is 6.02. The summed E-state index contributed by atoms with van der Waals surface area (Å²) in [4.78, 5) is 6.17. The molecule has 3 nitrogen and oxygen atoms in total. The summed E-state index contributed by atoms with van der Waals surface area (Å²) in [5.74, 6) is 0.858. The number of hydroxylamine groups is 1. The molecule has 3 heteroatoms. The number of ether oxygens (including phenoxy) is 1. The molecule has 2 aromatic carbocycles. The molecular weight excluding hydrogens is 262 g/mol. The molecule has 2 aromatic rings. The van der Waals surface area contributed by atoms with Gasteiger partial charge in [0.1, 0.15) is 11.9 Å². The van der Waals surface area contributed by atoms with E-state index in [1.165, 1.54) is 5.57 Å². The Labute approximate surface area is 125 Å². The van der Waals surface area contributed by atoms with Crippen molar-refractivity contribution in [2.45, 2.75) is 13.0 Å². The average molecular weight is 281 g/mol. The van der Waals surface area contributed by atoms with E-state index < -0.39 is 0 Å². The first-order chi connectivity index (χ1) is 10.3. The maximum absolute atomic E-state index is 6.17. The number of nitrogens with zero attached hydrogens (tertiary/aromatic N) is 1. The highest BCUT2D eigenvalue weighted by molar-refractivity contribution is 5.46. The third-order valence-electron chi connectivity index (χ3n) is 3.69. The number of anilines is 1. The molecule has 108 valence electrons. The Hall–Kier alpha value is -2.26. The van der Waals surface area contributed by atoms with Crippen molar-refractivity contribution in [3.63, 3.8) is 0 Å². The topological polar surface area (TPSA) is 21.7 Å². The zero-order valence-corrected chi connectivity index (χ0v) is 12.3. The maximum Gasteiger partial charge on any atom is 0.132 e. The summed E-state index contributed by atoms with van der Waals surface area (Å²) in [7, 11) is 1.68. The minimum Gasteiger partial charge on any atom is -0.497 e. The normalized spacial score (nSPS) is 18.3. The molecule has 1 aliphatic heterocycles. The number of methoxy groups -OCH3 is 1. The van der Waals surface area contributed by atoms with Gasteiger partial charge in [-0.3, -0.25) is 4.84 Å². The fourth-order valence-electron chi connectivity index (χ4n) is 2.45. The standard InChI is InChI=1S/C18H19NO2/c1-14-12-13-19(16-6-4-3-5-7-16)21-18(14)15-8-10-17(20-2)11-9-15/h3-12,18H,13H2,1-2H3/t18-/m1/s1. The molecule has 1 aliphatic rings. The van der Waals surface area contributed by atoms with Gasteiger partial charge in [0.25, 0.3) is 0 Å². The quantitative estimate of drug-likeness (QED) is 0.789. The Morgan fingerprint density at radius 3 is 2.43 bits per heavy atom. The lowest BCUT2D eigenvalue weighted by atomic mass is 10.0. The first kappa shape index (κ1) is 13.7. The van der Waals surface area contributed by atoms with Gasteiger partial charge in [-0.25, -0.2) is 5.06 Å². The van der Waals surface area contributed by atoms with Crippen LogP contribution in [0.1, 0.15) is 18.6 Å². The Morgan fingerprint density at radius 1 is 1.05 bits per heavy atom. The van der Waals surface area contributed by atoms with Crippen LogP contribution >= 0.6 is 0 Å². The van der Waals surface area contributed by atoms with Gasteiger partial charge in [-0.05, 0) is 42.3 Å². The lowest BCUT2D eigenvalue weighted by Gasteiger charge is -2.33. The number of para-hydroxylation sites is 1. The van der Waals surface area contributed by atoms with Crippen LogP contribution in [-0.2, 0) is 4.84 Å². The molecular formula is C18H19NO2. The summed E-state index contributed by atoms with van der Waals surface area (Å²) in [5.41, 5.74) is 3.43. The highest BCUT2D eigenvalue weighted by Gasteiger charge is 2.23. The van der Waals surface area contributed by atoms with E-state index in [2.05, 4.69) is 37.3 Å². The zero-order chi connectivity index (χ0) is 14.7. The smallest absolute Gasteiger partial charge is 0.132 e. The van der Waals surface area contributed by atoms with Gasteiger partial charge in [-0.1, -0.05) is 36.4 Å². The molecule has 3 rings (SSSR count). The van der Waals surface area contributed by atoms with Crippen molar-refractivity contribution < 1.29 is 9.57 Å². The van der Waals surface area contributed by atoms with Crippen molar-refractivity contribution in [3.8, 4) is 5.75 Å². The predicted molar refractivity (Wildman–Crippen MR) is 84.4 cm³/mol. The summed E-state index contributed by atoms with van der Waals surface area (Å²) in [5, 5.41) is 1.93. The Morgan fingerprint density at radius 2 is 1.76 bits per heavy atom. The minimum atomic E-state index is -0.0511. The number of benzene rings is 2. The molecule has 1 heterocycles. The van der Waals surface area contributed by atoms with E-state index in [9.17, 15) is 0 Å². The Bertz CT molecular complexity index is 619. The second-order valence-corrected chi connectivity index (χ2v) is 5.10. The Balaban J connectivity index is 1.84. The van der Waals surface area contributed by atoms with Gasteiger partial charge < -0.3 is 4.74 Å². The van der Waals surface area contributed by atoms with Crippen LogP contribution in [0.3, 0.4) is 0 Å². The molecule has 0 saturated carbocycles. The fraction of sp³-hybridized carbons (Fsp3) is 0.222. The average Bonchev–Trinajstić information content (AvgIpc) is 2.56. The van der Waals surface area contributed by atoms with Crippen LogP contribution in [0.2, 0.25) is 0 Å². The molecule has 0 spiro atoms.